The summed E-state index contributed by atoms with van der Waals surface area (Å²) in [7, 11) is 1.61. The monoisotopic (exact) mass is 291 g/mol. The smallest absolute Gasteiger partial charge is 0.321 e. The van der Waals surface area contributed by atoms with Gasteiger partial charge in [-0.3, -0.25) is 0 Å². The lowest BCUT2D eigenvalue weighted by Crippen LogP contribution is -2.41. The Hall–Kier alpha value is -1.75. The second-order valence-electron chi connectivity index (χ2n) is 5.36. The maximum atomic E-state index is 12.4. The average Bonchev–Trinajstić information content (AvgIpc) is 2.54. The van der Waals surface area contributed by atoms with Crippen molar-refractivity contribution >= 4 is 11.7 Å². The first kappa shape index (κ1) is 15.6. The van der Waals surface area contributed by atoms with Gasteiger partial charge in [0.25, 0.3) is 0 Å². The fourth-order valence-electron chi connectivity index (χ4n) is 2.67. The van der Waals surface area contributed by atoms with Gasteiger partial charge in [-0.25, -0.2) is 4.79 Å². The van der Waals surface area contributed by atoms with Gasteiger partial charge >= 0.3 is 6.03 Å². The van der Waals surface area contributed by atoms with Crippen LogP contribution in [0.2, 0.25) is 0 Å². The fourth-order valence-corrected chi connectivity index (χ4v) is 2.67. The third-order valence-electron chi connectivity index (χ3n) is 3.95. The molecular formula is C16H25N3O2. The Morgan fingerprint density at radius 3 is 2.76 bits per heavy atom. The fraction of sp³-hybridized carbons (Fsp3) is 0.562. The van der Waals surface area contributed by atoms with Crippen LogP contribution in [0.4, 0.5) is 10.5 Å². The van der Waals surface area contributed by atoms with E-state index in [1.165, 1.54) is 0 Å². The third-order valence-corrected chi connectivity index (χ3v) is 3.95. The summed E-state index contributed by atoms with van der Waals surface area (Å²) >= 11 is 0. The predicted octanol–water partition coefficient (Wildman–Crippen LogP) is 2.55. The van der Waals surface area contributed by atoms with E-state index in [4.69, 9.17) is 4.74 Å². The van der Waals surface area contributed by atoms with E-state index in [2.05, 4.69) is 10.6 Å². The number of hydrogen-bond acceptors (Lipinski definition) is 3. The van der Waals surface area contributed by atoms with Crippen molar-refractivity contribution in [3.63, 3.8) is 0 Å². The maximum Gasteiger partial charge on any atom is 0.321 e. The second kappa shape index (κ2) is 7.88. The van der Waals surface area contributed by atoms with Gasteiger partial charge in [-0.05, 0) is 50.9 Å². The summed E-state index contributed by atoms with van der Waals surface area (Å²) in [5.74, 6) is 1.28. The van der Waals surface area contributed by atoms with E-state index in [0.29, 0.717) is 23.9 Å². The molecule has 0 aromatic heterocycles. The van der Waals surface area contributed by atoms with Gasteiger partial charge in [-0.15, -0.1) is 0 Å². The zero-order valence-electron chi connectivity index (χ0n) is 12.9. The summed E-state index contributed by atoms with van der Waals surface area (Å²) < 4.78 is 5.27. The number of amides is 2. The summed E-state index contributed by atoms with van der Waals surface area (Å²) in [6, 6.07) is 7.43. The molecule has 21 heavy (non-hydrogen) atoms. The number of nitrogens with one attached hydrogen (secondary N) is 2. The first-order chi connectivity index (χ1) is 10.2. The van der Waals surface area contributed by atoms with Crippen molar-refractivity contribution in [3.8, 4) is 5.75 Å². The van der Waals surface area contributed by atoms with Gasteiger partial charge in [0, 0.05) is 13.1 Å². The number of carbonyl (C=O) groups is 1. The van der Waals surface area contributed by atoms with Crippen LogP contribution in [0.25, 0.3) is 0 Å². The molecule has 0 bridgehead atoms. The van der Waals surface area contributed by atoms with Crippen LogP contribution in [-0.4, -0.2) is 44.2 Å². The molecule has 1 heterocycles. The number of rotatable bonds is 5. The van der Waals surface area contributed by atoms with Crippen molar-refractivity contribution in [2.45, 2.75) is 19.8 Å². The molecule has 2 amide bonds. The molecule has 0 saturated carbocycles. The second-order valence-corrected chi connectivity index (χ2v) is 5.36. The highest BCUT2D eigenvalue weighted by molar-refractivity contribution is 5.90. The molecule has 1 saturated heterocycles. The van der Waals surface area contributed by atoms with Crippen LogP contribution in [0.15, 0.2) is 24.3 Å². The summed E-state index contributed by atoms with van der Waals surface area (Å²) in [5.41, 5.74) is 0.716. The van der Waals surface area contributed by atoms with Crippen LogP contribution >= 0.6 is 0 Å². The van der Waals surface area contributed by atoms with Crippen LogP contribution in [0, 0.1) is 5.92 Å². The summed E-state index contributed by atoms with van der Waals surface area (Å²) in [4.78, 5) is 14.3. The van der Waals surface area contributed by atoms with E-state index in [9.17, 15) is 4.79 Å². The van der Waals surface area contributed by atoms with Crippen LogP contribution in [-0.2, 0) is 0 Å². The zero-order valence-corrected chi connectivity index (χ0v) is 12.9. The van der Waals surface area contributed by atoms with Crippen molar-refractivity contribution < 1.29 is 9.53 Å². The lowest BCUT2D eigenvalue weighted by Gasteiger charge is -2.29. The number of benzene rings is 1. The number of para-hydroxylation sites is 2. The van der Waals surface area contributed by atoms with Crippen LogP contribution in [0.1, 0.15) is 19.8 Å². The van der Waals surface area contributed by atoms with Crippen molar-refractivity contribution in [3.05, 3.63) is 24.3 Å². The number of methoxy groups -OCH3 is 1. The zero-order chi connectivity index (χ0) is 15.1. The van der Waals surface area contributed by atoms with Gasteiger partial charge in [0.1, 0.15) is 5.75 Å². The molecule has 5 nitrogen and oxygen atoms in total. The molecule has 0 radical (unpaired) electrons. The minimum atomic E-state index is -0.0551. The van der Waals surface area contributed by atoms with Gasteiger partial charge in [-0.2, -0.15) is 0 Å². The highest BCUT2D eigenvalue weighted by Gasteiger charge is 2.20. The molecule has 0 atom stereocenters. The molecule has 1 aliphatic heterocycles. The molecule has 1 fully saturated rings. The first-order valence-electron chi connectivity index (χ1n) is 7.64. The summed E-state index contributed by atoms with van der Waals surface area (Å²) in [6.45, 7) is 5.65. The third kappa shape index (κ3) is 4.36. The number of hydrogen-bond donors (Lipinski definition) is 2. The number of carbonyl (C=O) groups excluding carboxylic acids is 1. The van der Waals surface area contributed by atoms with Gasteiger partial charge < -0.3 is 20.3 Å². The Labute approximate surface area is 126 Å². The van der Waals surface area contributed by atoms with Crippen LogP contribution in [0.5, 0.6) is 5.75 Å². The number of ether oxygens (including phenoxy) is 1. The summed E-state index contributed by atoms with van der Waals surface area (Å²) in [5, 5.41) is 6.30. The van der Waals surface area contributed by atoms with E-state index in [1.54, 1.807) is 7.11 Å². The van der Waals surface area contributed by atoms with E-state index >= 15 is 0 Å². The molecule has 0 spiro atoms. The molecule has 1 aromatic rings. The molecule has 2 rings (SSSR count). The minimum Gasteiger partial charge on any atom is -0.495 e. The van der Waals surface area contributed by atoms with Gasteiger partial charge in [0.05, 0.1) is 12.8 Å². The molecule has 0 aliphatic carbocycles. The number of nitrogens with zero attached hydrogens (tertiary/aromatic N) is 1. The maximum absolute atomic E-state index is 12.4. The van der Waals surface area contributed by atoms with Crippen molar-refractivity contribution in [1.82, 2.24) is 10.2 Å². The van der Waals surface area contributed by atoms with Crippen LogP contribution in [0.3, 0.4) is 0 Å². The molecule has 2 N–H and O–H groups in total. The van der Waals surface area contributed by atoms with Gasteiger partial charge in [0.2, 0.25) is 0 Å². The standard InChI is InChI=1S/C16H25N3O2/c1-3-19(12-13-8-10-17-11-9-13)16(20)18-14-6-4-5-7-15(14)21-2/h4-7,13,17H,3,8-12H2,1-2H3,(H,18,20). The predicted molar refractivity (Wildman–Crippen MR) is 84.9 cm³/mol. The van der Waals surface area contributed by atoms with Crippen LogP contribution < -0.4 is 15.4 Å². The molecule has 116 valence electrons. The quantitative estimate of drug-likeness (QED) is 0.876. The van der Waals surface area contributed by atoms with Crippen molar-refractivity contribution in [1.29, 1.82) is 0 Å². The highest BCUT2D eigenvalue weighted by Crippen LogP contribution is 2.23. The number of piperidine rings is 1. The first-order valence-corrected chi connectivity index (χ1v) is 7.64. The number of urea groups is 1. The Kier molecular flexibility index (Phi) is 5.87. The molecular weight excluding hydrogens is 266 g/mol. The molecule has 1 aromatic carbocycles. The molecule has 1 aliphatic rings. The Morgan fingerprint density at radius 1 is 1.38 bits per heavy atom. The summed E-state index contributed by atoms with van der Waals surface area (Å²) in [6.07, 6.45) is 2.27. The molecule has 5 heteroatoms. The normalized spacial score (nSPS) is 15.5. The minimum absolute atomic E-state index is 0.0551. The lowest BCUT2D eigenvalue weighted by atomic mass is 9.98. The van der Waals surface area contributed by atoms with Crippen molar-refractivity contribution in [2.75, 3.05) is 38.6 Å². The Morgan fingerprint density at radius 2 is 2.10 bits per heavy atom. The highest BCUT2D eigenvalue weighted by atomic mass is 16.5. The molecule has 0 unspecified atom stereocenters. The topological polar surface area (TPSA) is 53.6 Å². The van der Waals surface area contributed by atoms with E-state index in [-0.39, 0.29) is 6.03 Å². The van der Waals surface area contributed by atoms with Gasteiger partial charge in [0.15, 0.2) is 0 Å². The largest absolute Gasteiger partial charge is 0.495 e. The SMILES string of the molecule is CCN(CC1CCNCC1)C(=O)Nc1ccccc1OC. The van der Waals surface area contributed by atoms with E-state index in [1.807, 2.05) is 36.1 Å². The van der Waals surface area contributed by atoms with E-state index < -0.39 is 0 Å². The average molecular weight is 291 g/mol. The Balaban J connectivity index is 1.96. The number of anilines is 1. The van der Waals surface area contributed by atoms with E-state index in [0.717, 1.165) is 32.5 Å². The van der Waals surface area contributed by atoms with Gasteiger partial charge in [-0.1, -0.05) is 12.1 Å². The van der Waals surface area contributed by atoms with Crippen molar-refractivity contribution in [2.24, 2.45) is 5.92 Å². The Bertz CT molecular complexity index is 459. The lowest BCUT2D eigenvalue weighted by molar-refractivity contribution is 0.196.